The maximum absolute atomic E-state index is 12.9. The first-order valence-corrected chi connectivity index (χ1v) is 13.9. The van der Waals surface area contributed by atoms with Gasteiger partial charge < -0.3 is 20.3 Å². The number of rotatable bonds is 12. The second kappa shape index (κ2) is 14.1. The number of methoxy groups -OCH3 is 1. The number of benzene rings is 2. The van der Waals surface area contributed by atoms with Crippen molar-refractivity contribution in [2.24, 2.45) is 0 Å². The molecule has 186 valence electrons. The quantitative estimate of drug-likeness (QED) is 0.288. The molecule has 0 radical (unpaired) electrons. The molecule has 0 aromatic heterocycles. The lowest BCUT2D eigenvalue weighted by molar-refractivity contribution is -0.122. The summed E-state index contributed by atoms with van der Waals surface area (Å²) >= 11 is 14.1. The highest BCUT2D eigenvalue weighted by atomic mass is 79.9. The Balaban J connectivity index is 1.96. The number of nitrogens with one attached hydrogen (secondary N) is 2. The van der Waals surface area contributed by atoms with Crippen LogP contribution in [0.3, 0.4) is 0 Å². The Morgan fingerprint density at radius 2 is 1.53 bits per heavy atom. The van der Waals surface area contributed by atoms with Crippen molar-refractivity contribution in [2.75, 3.05) is 41.3 Å². The van der Waals surface area contributed by atoms with Crippen LogP contribution in [0.1, 0.15) is 27.9 Å². The third-order valence-corrected chi connectivity index (χ3v) is 7.68. The van der Waals surface area contributed by atoms with Gasteiger partial charge in [0.1, 0.15) is 5.75 Å². The first kappa shape index (κ1) is 29.5. The third-order valence-electron chi connectivity index (χ3n) is 5.25. The van der Waals surface area contributed by atoms with E-state index in [1.165, 1.54) is 0 Å². The van der Waals surface area contributed by atoms with Crippen molar-refractivity contribution < 1.29 is 14.3 Å². The van der Waals surface area contributed by atoms with Gasteiger partial charge >= 0.3 is 0 Å². The SMILES string of the molecule is CNC(Cc1cc(Br)c(OC)c(Br)c1)C(=O)NCCC(=O)c1c(Br)cc(CCN(C)C)cc1Br. The molecule has 0 aliphatic heterocycles. The normalized spacial score (nSPS) is 12.0. The van der Waals surface area contributed by atoms with Gasteiger partial charge in [0.25, 0.3) is 0 Å². The van der Waals surface area contributed by atoms with E-state index < -0.39 is 6.04 Å². The molecule has 10 heteroatoms. The predicted octanol–water partition coefficient (Wildman–Crippen LogP) is 5.37. The highest BCUT2D eigenvalue weighted by molar-refractivity contribution is 9.11. The molecule has 1 atom stereocenters. The van der Waals surface area contributed by atoms with Gasteiger partial charge in [0, 0.05) is 34.0 Å². The monoisotopic (exact) mass is 723 g/mol. The molecule has 6 nitrogen and oxygen atoms in total. The van der Waals surface area contributed by atoms with Gasteiger partial charge in [0.2, 0.25) is 5.91 Å². The lowest BCUT2D eigenvalue weighted by Gasteiger charge is -2.17. The number of amides is 1. The van der Waals surface area contributed by atoms with E-state index in [-0.39, 0.29) is 24.7 Å². The summed E-state index contributed by atoms with van der Waals surface area (Å²) in [5, 5.41) is 5.94. The Morgan fingerprint density at radius 3 is 2.03 bits per heavy atom. The minimum Gasteiger partial charge on any atom is -0.494 e. The highest BCUT2D eigenvalue weighted by Gasteiger charge is 2.20. The fourth-order valence-corrected chi connectivity index (χ4v) is 6.75. The standard InChI is InChI=1S/C24H29Br4N3O3/c1-29-20(13-15-11-18(27)23(34-4)19(28)12-15)24(33)30-7-5-21(32)22-16(25)9-14(10-17(22)26)6-8-31(2)3/h9-12,20,29H,5-8,13H2,1-4H3,(H,30,33). The number of hydrogen-bond acceptors (Lipinski definition) is 5. The molecule has 34 heavy (non-hydrogen) atoms. The lowest BCUT2D eigenvalue weighted by Crippen LogP contribution is -2.44. The average molecular weight is 727 g/mol. The number of carbonyl (C=O) groups is 2. The van der Waals surface area contributed by atoms with Crippen molar-refractivity contribution in [3.63, 3.8) is 0 Å². The van der Waals surface area contributed by atoms with Gasteiger partial charge in [-0.25, -0.2) is 0 Å². The van der Waals surface area contributed by atoms with Crippen LogP contribution in [0, 0.1) is 0 Å². The number of carbonyl (C=O) groups excluding carboxylic acids is 2. The minimum absolute atomic E-state index is 0.0396. The molecule has 0 saturated heterocycles. The summed E-state index contributed by atoms with van der Waals surface area (Å²) in [6.45, 7) is 1.18. The fraction of sp³-hybridized carbons (Fsp3) is 0.417. The van der Waals surface area contributed by atoms with Crippen LogP contribution < -0.4 is 15.4 Å². The van der Waals surface area contributed by atoms with E-state index in [4.69, 9.17) is 4.74 Å². The number of Topliss-reactive ketones (excluding diaryl/α,β-unsaturated/α-hetero) is 1. The summed E-state index contributed by atoms with van der Waals surface area (Å²) in [6, 6.07) is 7.41. The number of likely N-dealkylation sites (N-methyl/N-ethyl adjacent to an activating group) is 2. The zero-order chi connectivity index (χ0) is 25.4. The van der Waals surface area contributed by atoms with E-state index in [0.717, 1.165) is 42.0 Å². The van der Waals surface area contributed by atoms with Crippen LogP contribution in [0.2, 0.25) is 0 Å². The smallest absolute Gasteiger partial charge is 0.237 e. The first-order valence-electron chi connectivity index (χ1n) is 10.7. The second-order valence-corrected chi connectivity index (χ2v) is 11.5. The Hall–Kier alpha value is -0.780. The van der Waals surface area contributed by atoms with Crippen LogP contribution in [-0.2, 0) is 17.6 Å². The van der Waals surface area contributed by atoms with Crippen molar-refractivity contribution in [2.45, 2.75) is 25.3 Å². The molecule has 2 aromatic carbocycles. The van der Waals surface area contributed by atoms with Gasteiger partial charge in [-0.05, 0) is 133 Å². The molecule has 0 heterocycles. The van der Waals surface area contributed by atoms with Crippen molar-refractivity contribution >= 4 is 75.4 Å². The average Bonchev–Trinajstić information content (AvgIpc) is 2.75. The molecule has 2 N–H and O–H groups in total. The molecular weight excluding hydrogens is 698 g/mol. The molecular formula is C24H29Br4N3O3. The van der Waals surface area contributed by atoms with Crippen molar-refractivity contribution in [3.8, 4) is 5.75 Å². The topological polar surface area (TPSA) is 70.7 Å². The maximum Gasteiger partial charge on any atom is 0.237 e. The summed E-state index contributed by atoms with van der Waals surface area (Å²) in [4.78, 5) is 27.7. The largest absolute Gasteiger partial charge is 0.494 e. The number of ketones is 1. The summed E-state index contributed by atoms with van der Waals surface area (Å²) in [5.41, 5.74) is 2.71. The summed E-state index contributed by atoms with van der Waals surface area (Å²) in [6.07, 6.45) is 1.58. The Bertz CT molecular complexity index is 985. The molecule has 0 spiro atoms. The van der Waals surface area contributed by atoms with Crippen LogP contribution in [0.25, 0.3) is 0 Å². The van der Waals surface area contributed by atoms with Crippen molar-refractivity contribution in [3.05, 3.63) is 58.8 Å². The molecule has 0 fully saturated rings. The molecule has 2 rings (SSSR count). The Kier molecular flexibility index (Phi) is 12.2. The Morgan fingerprint density at radius 1 is 0.971 bits per heavy atom. The highest BCUT2D eigenvalue weighted by Crippen LogP contribution is 2.34. The maximum atomic E-state index is 12.9. The van der Waals surface area contributed by atoms with Gasteiger partial charge in [0.15, 0.2) is 5.78 Å². The number of hydrogen-bond donors (Lipinski definition) is 2. The zero-order valence-corrected chi connectivity index (χ0v) is 26.0. The molecule has 0 aliphatic rings. The van der Waals surface area contributed by atoms with Gasteiger partial charge in [-0.1, -0.05) is 0 Å². The summed E-state index contributed by atoms with van der Waals surface area (Å²) in [7, 11) is 7.41. The van der Waals surface area contributed by atoms with E-state index in [1.807, 2.05) is 38.4 Å². The summed E-state index contributed by atoms with van der Waals surface area (Å²) < 4.78 is 8.48. The zero-order valence-electron chi connectivity index (χ0n) is 19.6. The van der Waals surface area contributed by atoms with Crippen LogP contribution in [0.5, 0.6) is 5.75 Å². The predicted molar refractivity (Wildman–Crippen MR) is 151 cm³/mol. The number of ether oxygens (including phenoxy) is 1. The van der Waals surface area contributed by atoms with E-state index in [9.17, 15) is 9.59 Å². The molecule has 1 amide bonds. The van der Waals surface area contributed by atoms with Gasteiger partial charge in [0.05, 0.1) is 22.1 Å². The molecule has 0 bridgehead atoms. The van der Waals surface area contributed by atoms with Gasteiger partial charge in [-0.2, -0.15) is 0 Å². The van der Waals surface area contributed by atoms with Crippen LogP contribution in [0.15, 0.2) is 42.2 Å². The fourth-order valence-electron chi connectivity index (χ4n) is 3.42. The Labute approximate surface area is 235 Å². The minimum atomic E-state index is -0.434. The molecule has 2 aromatic rings. The lowest BCUT2D eigenvalue weighted by atomic mass is 10.0. The van der Waals surface area contributed by atoms with E-state index in [2.05, 4.69) is 79.3 Å². The number of nitrogens with zero attached hydrogens (tertiary/aromatic N) is 1. The molecule has 0 saturated carbocycles. The third kappa shape index (κ3) is 8.41. The van der Waals surface area contributed by atoms with Crippen LogP contribution >= 0.6 is 63.7 Å². The molecule has 1 unspecified atom stereocenters. The second-order valence-electron chi connectivity index (χ2n) is 8.09. The van der Waals surface area contributed by atoms with Crippen molar-refractivity contribution in [1.82, 2.24) is 15.5 Å². The first-order chi connectivity index (χ1) is 16.1. The van der Waals surface area contributed by atoms with Gasteiger partial charge in [-0.15, -0.1) is 0 Å². The van der Waals surface area contributed by atoms with Gasteiger partial charge in [-0.3, -0.25) is 9.59 Å². The van der Waals surface area contributed by atoms with Crippen LogP contribution in [0.4, 0.5) is 0 Å². The van der Waals surface area contributed by atoms with E-state index in [0.29, 0.717) is 17.7 Å². The number of halogens is 4. The van der Waals surface area contributed by atoms with Crippen LogP contribution in [-0.4, -0.2) is 64.0 Å². The van der Waals surface area contributed by atoms with Crippen molar-refractivity contribution in [1.29, 1.82) is 0 Å². The van der Waals surface area contributed by atoms with E-state index in [1.54, 1.807) is 14.2 Å². The van der Waals surface area contributed by atoms with E-state index >= 15 is 0 Å². The molecule has 0 aliphatic carbocycles. The summed E-state index contributed by atoms with van der Waals surface area (Å²) in [5.74, 6) is 0.508.